The number of carbonyl (C=O) groups is 1. The lowest BCUT2D eigenvalue weighted by Gasteiger charge is -2.14. The van der Waals surface area contributed by atoms with Crippen molar-refractivity contribution in [2.24, 2.45) is 5.92 Å². The summed E-state index contributed by atoms with van der Waals surface area (Å²) in [5, 5.41) is 6.01. The lowest BCUT2D eigenvalue weighted by Crippen LogP contribution is -2.36. The fourth-order valence-electron chi connectivity index (χ4n) is 3.75. The molecule has 138 valence electrons. The van der Waals surface area contributed by atoms with Gasteiger partial charge in [0, 0.05) is 17.3 Å². The zero-order chi connectivity index (χ0) is 18.5. The zero-order valence-electron chi connectivity index (χ0n) is 15.1. The van der Waals surface area contributed by atoms with E-state index in [2.05, 4.69) is 39.9 Å². The van der Waals surface area contributed by atoms with E-state index in [0.717, 1.165) is 36.9 Å². The van der Waals surface area contributed by atoms with Crippen LogP contribution in [0.4, 0.5) is 10.5 Å². The fourth-order valence-corrected chi connectivity index (χ4v) is 3.75. The second-order valence-corrected chi connectivity index (χ2v) is 7.08. The Kier molecular flexibility index (Phi) is 5.19. The van der Waals surface area contributed by atoms with E-state index in [1.807, 2.05) is 30.3 Å². The molecule has 2 atom stereocenters. The topological polar surface area (TPSA) is 67.2 Å². The normalized spacial score (nSPS) is 19.0. The quantitative estimate of drug-likeness (QED) is 0.681. The highest BCUT2D eigenvalue weighted by atomic mass is 16.3. The minimum Gasteiger partial charge on any atom is -0.445 e. The van der Waals surface area contributed by atoms with Gasteiger partial charge in [0.15, 0.2) is 0 Å². The van der Waals surface area contributed by atoms with Crippen LogP contribution in [0.5, 0.6) is 0 Å². The highest BCUT2D eigenvalue weighted by Crippen LogP contribution is 2.28. The number of hydrogen-bond donors (Lipinski definition) is 2. The molecule has 0 aliphatic heterocycles. The molecule has 2 unspecified atom stereocenters. The van der Waals surface area contributed by atoms with Crippen molar-refractivity contribution in [2.75, 3.05) is 5.32 Å². The maximum absolute atomic E-state index is 12.3. The van der Waals surface area contributed by atoms with E-state index < -0.39 is 0 Å². The summed E-state index contributed by atoms with van der Waals surface area (Å²) in [6, 6.07) is 18.1. The molecule has 2 N–H and O–H groups in total. The highest BCUT2D eigenvalue weighted by molar-refractivity contribution is 5.89. The van der Waals surface area contributed by atoms with Gasteiger partial charge < -0.3 is 15.1 Å². The number of rotatable bonds is 5. The van der Waals surface area contributed by atoms with Gasteiger partial charge in [0.05, 0.1) is 6.20 Å². The van der Waals surface area contributed by atoms with Gasteiger partial charge in [-0.3, -0.25) is 0 Å². The van der Waals surface area contributed by atoms with Gasteiger partial charge in [-0.2, -0.15) is 0 Å². The average molecular weight is 361 g/mol. The molecule has 0 saturated heterocycles. The maximum Gasteiger partial charge on any atom is 0.319 e. The molecule has 0 radical (unpaired) electrons. The summed E-state index contributed by atoms with van der Waals surface area (Å²) in [4.78, 5) is 16.4. The number of hydrogen-bond acceptors (Lipinski definition) is 3. The summed E-state index contributed by atoms with van der Waals surface area (Å²) in [6.45, 7) is 0. The Labute approximate surface area is 158 Å². The summed E-state index contributed by atoms with van der Waals surface area (Å²) in [5.74, 6) is 1.21. The van der Waals surface area contributed by atoms with Gasteiger partial charge in [-0.15, -0.1) is 0 Å². The summed E-state index contributed by atoms with van der Waals surface area (Å²) >= 11 is 0. The molecule has 3 aromatic rings. The van der Waals surface area contributed by atoms with E-state index in [1.165, 1.54) is 5.56 Å². The van der Waals surface area contributed by atoms with Gasteiger partial charge in [-0.25, -0.2) is 9.78 Å². The van der Waals surface area contributed by atoms with Gasteiger partial charge in [0.2, 0.25) is 5.89 Å². The standard InChI is InChI=1S/C22H23N3O2/c26-22(24-19-10-7-18(8-11-19)21-23-12-13-27-21)25-20-9-6-17(15-20)14-16-4-2-1-3-5-16/h1-5,7-8,10-13,17,20H,6,9,14-15H2,(H2,24,25,26). The minimum atomic E-state index is -0.149. The largest absolute Gasteiger partial charge is 0.445 e. The number of anilines is 1. The van der Waals surface area contributed by atoms with Crippen LogP contribution in [0.25, 0.3) is 11.5 Å². The number of aromatic nitrogens is 1. The molecule has 1 saturated carbocycles. The Morgan fingerprint density at radius 2 is 1.89 bits per heavy atom. The molecule has 0 spiro atoms. The van der Waals surface area contributed by atoms with Crippen LogP contribution in [0, 0.1) is 5.92 Å². The second kappa shape index (κ2) is 8.08. The van der Waals surface area contributed by atoms with Crippen molar-refractivity contribution in [3.63, 3.8) is 0 Å². The van der Waals surface area contributed by atoms with Crippen molar-refractivity contribution in [2.45, 2.75) is 31.7 Å². The van der Waals surface area contributed by atoms with Gasteiger partial charge >= 0.3 is 6.03 Å². The van der Waals surface area contributed by atoms with Gasteiger partial charge in [-0.05, 0) is 61.4 Å². The Bertz CT molecular complexity index is 860. The summed E-state index contributed by atoms with van der Waals surface area (Å²) in [7, 11) is 0. The monoisotopic (exact) mass is 361 g/mol. The number of carbonyl (C=O) groups excluding carboxylic acids is 1. The first-order valence-corrected chi connectivity index (χ1v) is 9.37. The van der Waals surface area contributed by atoms with Crippen molar-refractivity contribution in [3.05, 3.63) is 72.6 Å². The molecular weight excluding hydrogens is 338 g/mol. The number of oxazole rings is 1. The number of nitrogens with zero attached hydrogens (tertiary/aromatic N) is 1. The first-order chi connectivity index (χ1) is 13.3. The van der Waals surface area contributed by atoms with Gasteiger partial charge in [0.25, 0.3) is 0 Å². The van der Waals surface area contributed by atoms with Crippen LogP contribution in [-0.2, 0) is 6.42 Å². The molecule has 0 bridgehead atoms. The molecule has 1 aliphatic rings. The zero-order valence-corrected chi connectivity index (χ0v) is 15.1. The molecule has 5 nitrogen and oxygen atoms in total. The van der Waals surface area contributed by atoms with Crippen LogP contribution in [0.1, 0.15) is 24.8 Å². The van der Waals surface area contributed by atoms with Crippen molar-refractivity contribution < 1.29 is 9.21 Å². The smallest absolute Gasteiger partial charge is 0.319 e. The van der Waals surface area contributed by atoms with Crippen molar-refractivity contribution in [3.8, 4) is 11.5 Å². The van der Waals surface area contributed by atoms with Crippen molar-refractivity contribution >= 4 is 11.7 Å². The first kappa shape index (κ1) is 17.3. The van der Waals surface area contributed by atoms with Crippen LogP contribution in [0.3, 0.4) is 0 Å². The first-order valence-electron chi connectivity index (χ1n) is 9.37. The number of amides is 2. The van der Waals surface area contributed by atoms with Crippen LogP contribution >= 0.6 is 0 Å². The van der Waals surface area contributed by atoms with E-state index in [-0.39, 0.29) is 12.1 Å². The van der Waals surface area contributed by atoms with Crippen molar-refractivity contribution in [1.29, 1.82) is 0 Å². The number of benzene rings is 2. The van der Waals surface area contributed by atoms with E-state index in [4.69, 9.17) is 4.42 Å². The van der Waals surface area contributed by atoms with Crippen LogP contribution < -0.4 is 10.6 Å². The van der Waals surface area contributed by atoms with Gasteiger partial charge in [-0.1, -0.05) is 30.3 Å². The maximum atomic E-state index is 12.3. The molecule has 4 rings (SSSR count). The van der Waals surface area contributed by atoms with E-state index in [0.29, 0.717) is 11.8 Å². The number of urea groups is 1. The fraction of sp³-hybridized carbons (Fsp3) is 0.273. The predicted molar refractivity (Wildman–Crippen MR) is 105 cm³/mol. The molecule has 5 heteroatoms. The molecule has 1 fully saturated rings. The van der Waals surface area contributed by atoms with E-state index in [1.54, 1.807) is 12.5 Å². The lowest BCUT2D eigenvalue weighted by atomic mass is 9.98. The molecular formula is C22H23N3O2. The summed E-state index contributed by atoms with van der Waals surface area (Å²) in [5.41, 5.74) is 3.01. The third kappa shape index (κ3) is 4.56. The third-order valence-corrected chi connectivity index (χ3v) is 5.07. The van der Waals surface area contributed by atoms with Gasteiger partial charge in [0.1, 0.15) is 6.26 Å². The Morgan fingerprint density at radius 1 is 1.07 bits per heavy atom. The lowest BCUT2D eigenvalue weighted by molar-refractivity contribution is 0.248. The third-order valence-electron chi connectivity index (χ3n) is 5.07. The summed E-state index contributed by atoms with van der Waals surface area (Å²) < 4.78 is 5.27. The van der Waals surface area contributed by atoms with Crippen molar-refractivity contribution in [1.82, 2.24) is 10.3 Å². The SMILES string of the molecule is O=C(Nc1ccc(-c2ncco2)cc1)NC1CCC(Cc2ccccc2)C1. The number of nitrogens with one attached hydrogen (secondary N) is 2. The minimum absolute atomic E-state index is 0.149. The van der Waals surface area contributed by atoms with Crippen LogP contribution in [-0.4, -0.2) is 17.1 Å². The molecule has 1 heterocycles. The van der Waals surface area contributed by atoms with Crippen LogP contribution in [0.15, 0.2) is 71.5 Å². The molecule has 2 aromatic carbocycles. The average Bonchev–Trinajstić information content (AvgIpc) is 3.36. The Morgan fingerprint density at radius 3 is 2.63 bits per heavy atom. The molecule has 1 aromatic heterocycles. The summed E-state index contributed by atoms with van der Waals surface area (Å²) in [6.07, 6.45) is 7.47. The Balaban J connectivity index is 1.26. The molecule has 1 aliphatic carbocycles. The second-order valence-electron chi connectivity index (χ2n) is 7.08. The highest BCUT2D eigenvalue weighted by Gasteiger charge is 2.25. The van der Waals surface area contributed by atoms with Crippen LogP contribution in [0.2, 0.25) is 0 Å². The Hall–Kier alpha value is -3.08. The molecule has 27 heavy (non-hydrogen) atoms. The molecule has 2 amide bonds. The van der Waals surface area contributed by atoms with E-state index >= 15 is 0 Å². The van der Waals surface area contributed by atoms with E-state index in [9.17, 15) is 4.79 Å². The predicted octanol–water partition coefficient (Wildman–Crippen LogP) is 4.87.